The Morgan fingerprint density at radius 2 is 2.04 bits per heavy atom. The fourth-order valence-electron chi connectivity index (χ4n) is 2.53. The number of rotatable bonds is 8. The first kappa shape index (κ1) is 15.4. The van der Waals surface area contributed by atoms with Crippen LogP contribution in [0.5, 0.6) is 11.5 Å². The lowest BCUT2D eigenvalue weighted by Crippen LogP contribution is -2.24. The third kappa shape index (κ3) is 4.25. The zero-order chi connectivity index (χ0) is 15.9. The second kappa shape index (κ2) is 7.67. The maximum absolute atomic E-state index is 12.1. The standard InChI is InChI=1S/C17H21N3O3/c21-17(14-5-6-15-16(11-14)23-13-22-15)19-7-3-1-2-4-9-20-10-8-18-12-20/h5-6,8,10-12H,1-4,7,9,13H2,(H,19,21). The van der Waals surface area contributed by atoms with Crippen LogP contribution in [0.15, 0.2) is 36.9 Å². The van der Waals surface area contributed by atoms with Crippen molar-refractivity contribution in [3.8, 4) is 11.5 Å². The molecule has 6 nitrogen and oxygen atoms in total. The summed E-state index contributed by atoms with van der Waals surface area (Å²) in [6.45, 7) is 1.92. The van der Waals surface area contributed by atoms with Gasteiger partial charge in [0.25, 0.3) is 5.91 Å². The average molecular weight is 315 g/mol. The molecule has 2 aromatic rings. The number of imidazole rings is 1. The number of ether oxygens (including phenoxy) is 2. The van der Waals surface area contributed by atoms with Gasteiger partial charge in [-0.1, -0.05) is 12.8 Å². The van der Waals surface area contributed by atoms with Crippen LogP contribution in [0.3, 0.4) is 0 Å². The molecule has 0 spiro atoms. The van der Waals surface area contributed by atoms with Crippen LogP contribution in [0.4, 0.5) is 0 Å². The summed E-state index contributed by atoms with van der Waals surface area (Å²) in [6, 6.07) is 5.25. The molecule has 0 saturated heterocycles. The number of fused-ring (bicyclic) bond motifs is 1. The number of unbranched alkanes of at least 4 members (excludes halogenated alkanes) is 3. The Morgan fingerprint density at radius 1 is 1.17 bits per heavy atom. The number of hydrogen-bond donors (Lipinski definition) is 1. The normalized spacial score (nSPS) is 12.3. The predicted octanol–water partition coefficient (Wildman–Crippen LogP) is 2.60. The largest absolute Gasteiger partial charge is 0.454 e. The third-order valence-corrected chi connectivity index (χ3v) is 3.82. The van der Waals surface area contributed by atoms with E-state index in [9.17, 15) is 4.79 Å². The summed E-state index contributed by atoms with van der Waals surface area (Å²) in [5.41, 5.74) is 0.606. The van der Waals surface area contributed by atoms with E-state index in [-0.39, 0.29) is 12.7 Å². The molecule has 1 amide bonds. The van der Waals surface area contributed by atoms with Crippen molar-refractivity contribution in [2.75, 3.05) is 13.3 Å². The van der Waals surface area contributed by atoms with Crippen molar-refractivity contribution in [2.45, 2.75) is 32.2 Å². The number of carbonyl (C=O) groups excluding carboxylic acids is 1. The van der Waals surface area contributed by atoms with Crippen molar-refractivity contribution in [1.29, 1.82) is 0 Å². The van der Waals surface area contributed by atoms with Crippen LogP contribution in [0.25, 0.3) is 0 Å². The van der Waals surface area contributed by atoms with Gasteiger partial charge in [-0.15, -0.1) is 0 Å². The van der Waals surface area contributed by atoms with E-state index < -0.39 is 0 Å². The second-order valence-corrected chi connectivity index (χ2v) is 5.54. The van der Waals surface area contributed by atoms with E-state index in [1.807, 2.05) is 12.5 Å². The molecule has 1 aliphatic heterocycles. The van der Waals surface area contributed by atoms with Crippen LogP contribution in [0.2, 0.25) is 0 Å². The number of aromatic nitrogens is 2. The van der Waals surface area contributed by atoms with Crippen LogP contribution in [0.1, 0.15) is 36.0 Å². The second-order valence-electron chi connectivity index (χ2n) is 5.54. The summed E-state index contributed by atoms with van der Waals surface area (Å²) in [5.74, 6) is 1.26. The van der Waals surface area contributed by atoms with Gasteiger partial charge in [-0.25, -0.2) is 4.98 Å². The van der Waals surface area contributed by atoms with Crippen molar-refractivity contribution < 1.29 is 14.3 Å². The molecule has 122 valence electrons. The van der Waals surface area contributed by atoms with E-state index in [4.69, 9.17) is 9.47 Å². The molecule has 0 saturated carbocycles. The van der Waals surface area contributed by atoms with Gasteiger partial charge < -0.3 is 19.4 Å². The summed E-state index contributed by atoms with van der Waals surface area (Å²) in [7, 11) is 0. The van der Waals surface area contributed by atoms with E-state index in [1.165, 1.54) is 0 Å². The molecule has 0 aliphatic carbocycles. The smallest absolute Gasteiger partial charge is 0.251 e. The molecule has 3 rings (SSSR count). The number of aryl methyl sites for hydroxylation is 1. The highest BCUT2D eigenvalue weighted by molar-refractivity contribution is 5.94. The molecule has 0 fully saturated rings. The van der Waals surface area contributed by atoms with Gasteiger partial charge in [-0.05, 0) is 31.0 Å². The molecule has 1 N–H and O–H groups in total. The lowest BCUT2D eigenvalue weighted by molar-refractivity contribution is 0.0952. The van der Waals surface area contributed by atoms with Crippen molar-refractivity contribution in [3.05, 3.63) is 42.5 Å². The Hall–Kier alpha value is -2.50. The monoisotopic (exact) mass is 315 g/mol. The highest BCUT2D eigenvalue weighted by atomic mass is 16.7. The molecular weight excluding hydrogens is 294 g/mol. The molecule has 0 unspecified atom stereocenters. The molecule has 0 bridgehead atoms. The van der Waals surface area contributed by atoms with Crippen LogP contribution in [-0.4, -0.2) is 28.8 Å². The quantitative estimate of drug-likeness (QED) is 0.761. The summed E-state index contributed by atoms with van der Waals surface area (Å²) < 4.78 is 12.6. The third-order valence-electron chi connectivity index (χ3n) is 3.82. The lowest BCUT2D eigenvalue weighted by Gasteiger charge is -2.06. The van der Waals surface area contributed by atoms with Crippen LogP contribution < -0.4 is 14.8 Å². The maximum Gasteiger partial charge on any atom is 0.251 e. The molecule has 6 heteroatoms. The highest BCUT2D eigenvalue weighted by Crippen LogP contribution is 2.32. The number of hydrogen-bond acceptors (Lipinski definition) is 4. The van der Waals surface area contributed by atoms with E-state index in [2.05, 4.69) is 14.9 Å². The summed E-state index contributed by atoms with van der Waals surface area (Å²) in [4.78, 5) is 16.1. The highest BCUT2D eigenvalue weighted by Gasteiger charge is 2.15. The number of carbonyl (C=O) groups is 1. The Morgan fingerprint density at radius 3 is 2.91 bits per heavy atom. The predicted molar refractivity (Wildman–Crippen MR) is 85.6 cm³/mol. The van der Waals surface area contributed by atoms with Crippen molar-refractivity contribution >= 4 is 5.91 Å². The lowest BCUT2D eigenvalue weighted by atomic mass is 10.1. The van der Waals surface area contributed by atoms with E-state index in [0.29, 0.717) is 23.6 Å². The summed E-state index contributed by atoms with van der Waals surface area (Å²) in [5, 5.41) is 2.94. The van der Waals surface area contributed by atoms with E-state index in [0.717, 1.165) is 32.2 Å². The molecule has 0 radical (unpaired) electrons. The number of amides is 1. The number of nitrogens with zero attached hydrogens (tertiary/aromatic N) is 2. The molecule has 1 aliphatic rings. The zero-order valence-electron chi connectivity index (χ0n) is 13.0. The molecule has 23 heavy (non-hydrogen) atoms. The SMILES string of the molecule is O=C(NCCCCCCn1ccnc1)c1ccc2c(c1)OCO2. The summed E-state index contributed by atoms with van der Waals surface area (Å²) >= 11 is 0. The molecule has 2 heterocycles. The molecule has 0 atom stereocenters. The summed E-state index contributed by atoms with van der Waals surface area (Å²) in [6.07, 6.45) is 9.99. The molecular formula is C17H21N3O3. The number of benzene rings is 1. The number of nitrogens with one attached hydrogen (secondary N) is 1. The Bertz CT molecular complexity index is 641. The fourth-order valence-corrected chi connectivity index (χ4v) is 2.53. The minimum Gasteiger partial charge on any atom is -0.454 e. The van der Waals surface area contributed by atoms with Gasteiger partial charge in [0, 0.05) is 31.0 Å². The van der Waals surface area contributed by atoms with Crippen LogP contribution >= 0.6 is 0 Å². The van der Waals surface area contributed by atoms with Gasteiger partial charge in [0.1, 0.15) is 0 Å². The van der Waals surface area contributed by atoms with Gasteiger partial charge in [-0.2, -0.15) is 0 Å². The van der Waals surface area contributed by atoms with Crippen molar-refractivity contribution in [1.82, 2.24) is 14.9 Å². The fraction of sp³-hybridized carbons (Fsp3) is 0.412. The van der Waals surface area contributed by atoms with E-state index >= 15 is 0 Å². The minimum atomic E-state index is -0.0679. The topological polar surface area (TPSA) is 65.4 Å². The van der Waals surface area contributed by atoms with Crippen LogP contribution in [-0.2, 0) is 6.54 Å². The minimum absolute atomic E-state index is 0.0679. The average Bonchev–Trinajstić information content (AvgIpc) is 3.24. The van der Waals surface area contributed by atoms with Gasteiger partial charge in [0.05, 0.1) is 6.33 Å². The van der Waals surface area contributed by atoms with Crippen molar-refractivity contribution in [3.63, 3.8) is 0 Å². The Balaban J connectivity index is 1.30. The Kier molecular flexibility index (Phi) is 5.13. The molecule has 1 aromatic carbocycles. The first-order chi connectivity index (χ1) is 11.3. The maximum atomic E-state index is 12.1. The first-order valence-corrected chi connectivity index (χ1v) is 7.96. The van der Waals surface area contributed by atoms with Gasteiger partial charge in [0.2, 0.25) is 6.79 Å². The van der Waals surface area contributed by atoms with E-state index in [1.54, 1.807) is 24.4 Å². The van der Waals surface area contributed by atoms with Gasteiger partial charge in [-0.3, -0.25) is 4.79 Å². The zero-order valence-corrected chi connectivity index (χ0v) is 13.0. The van der Waals surface area contributed by atoms with Gasteiger partial charge in [0.15, 0.2) is 11.5 Å². The first-order valence-electron chi connectivity index (χ1n) is 7.96. The van der Waals surface area contributed by atoms with Crippen molar-refractivity contribution in [2.24, 2.45) is 0 Å². The van der Waals surface area contributed by atoms with Crippen LogP contribution in [0, 0.1) is 0 Å². The Labute approximate surface area is 135 Å². The van der Waals surface area contributed by atoms with Gasteiger partial charge >= 0.3 is 0 Å². The molecule has 1 aromatic heterocycles.